The number of alkyl halides is 3. The minimum Gasteiger partial charge on any atom is -0.468 e. The number of ether oxygens (including phenoxy) is 1. The number of anilines is 1. The Labute approximate surface area is 151 Å². The first-order valence-corrected chi connectivity index (χ1v) is 7.66. The summed E-state index contributed by atoms with van der Waals surface area (Å²) in [5.41, 5.74) is 2.11. The highest BCUT2D eigenvalue weighted by Crippen LogP contribution is 2.24. The van der Waals surface area contributed by atoms with Crippen molar-refractivity contribution in [1.82, 2.24) is 15.2 Å². The molecule has 3 aromatic rings. The van der Waals surface area contributed by atoms with E-state index in [2.05, 4.69) is 25.2 Å². The molecule has 140 valence electrons. The van der Waals surface area contributed by atoms with Crippen LogP contribution in [0, 0.1) is 6.92 Å². The highest BCUT2D eigenvalue weighted by molar-refractivity contribution is 6.04. The maximum Gasteiger partial charge on any atom is 0.422 e. The van der Waals surface area contributed by atoms with Crippen molar-refractivity contribution in [2.45, 2.75) is 13.1 Å². The normalized spacial score (nSPS) is 11.3. The molecule has 1 N–H and O–H groups in total. The Balaban J connectivity index is 1.71. The second kappa shape index (κ2) is 7.44. The van der Waals surface area contributed by atoms with Crippen molar-refractivity contribution >= 4 is 11.6 Å². The fourth-order valence-corrected chi connectivity index (χ4v) is 2.14. The van der Waals surface area contributed by atoms with Crippen molar-refractivity contribution in [3.05, 3.63) is 54.0 Å². The number of nitrogens with zero attached hydrogens (tertiary/aromatic N) is 3. The Morgan fingerprint density at radius 3 is 2.70 bits per heavy atom. The second-order valence-corrected chi connectivity index (χ2v) is 5.52. The topological polar surface area (TPSA) is 90.1 Å². The number of nitrogens with one attached hydrogen (secondary N) is 1. The molecule has 1 amide bonds. The van der Waals surface area contributed by atoms with Crippen molar-refractivity contribution in [1.29, 1.82) is 0 Å². The van der Waals surface area contributed by atoms with Gasteiger partial charge in [0.25, 0.3) is 5.91 Å². The number of carbonyl (C=O) groups is 1. The number of halogens is 3. The van der Waals surface area contributed by atoms with Gasteiger partial charge in [-0.3, -0.25) is 4.79 Å². The number of hydrogen-bond acceptors (Lipinski definition) is 6. The molecule has 0 aliphatic rings. The molecule has 1 aromatic carbocycles. The summed E-state index contributed by atoms with van der Waals surface area (Å²) in [5.74, 6) is -0.396. The van der Waals surface area contributed by atoms with Gasteiger partial charge in [-0.05, 0) is 30.7 Å². The predicted octanol–water partition coefficient (Wildman–Crippen LogP) is 3.63. The number of carbonyl (C=O) groups excluding carboxylic acids is 1. The standard InChI is InChI=1S/C17H13F3N4O3/c1-10-2-3-11(16-24-22-9-27-16)6-13(10)23-15(25)12-4-5-14(21-7-12)26-8-17(18,19)20/h2-7,9H,8H2,1H3,(H,23,25). The van der Waals surface area contributed by atoms with Crippen LogP contribution in [0.5, 0.6) is 5.88 Å². The lowest BCUT2D eigenvalue weighted by molar-refractivity contribution is -0.154. The number of amides is 1. The molecule has 0 spiro atoms. The van der Waals surface area contributed by atoms with Gasteiger partial charge in [0.05, 0.1) is 5.56 Å². The molecular weight excluding hydrogens is 365 g/mol. The molecule has 0 saturated heterocycles. The fourth-order valence-electron chi connectivity index (χ4n) is 2.14. The van der Waals surface area contributed by atoms with Crippen molar-refractivity contribution in [3.63, 3.8) is 0 Å². The van der Waals surface area contributed by atoms with Crippen molar-refractivity contribution in [2.75, 3.05) is 11.9 Å². The first-order valence-electron chi connectivity index (χ1n) is 7.66. The van der Waals surface area contributed by atoms with Gasteiger partial charge in [-0.1, -0.05) is 6.07 Å². The molecule has 0 aliphatic carbocycles. The zero-order valence-corrected chi connectivity index (χ0v) is 13.9. The molecule has 0 atom stereocenters. The Hall–Kier alpha value is -3.43. The van der Waals surface area contributed by atoms with Crippen LogP contribution in [0.3, 0.4) is 0 Å². The highest BCUT2D eigenvalue weighted by Gasteiger charge is 2.28. The van der Waals surface area contributed by atoms with Gasteiger partial charge in [-0.15, -0.1) is 10.2 Å². The van der Waals surface area contributed by atoms with E-state index in [-0.39, 0.29) is 11.4 Å². The minimum atomic E-state index is -4.46. The third kappa shape index (κ3) is 4.81. The van der Waals surface area contributed by atoms with Crippen LogP contribution in [0.25, 0.3) is 11.5 Å². The third-order valence-corrected chi connectivity index (χ3v) is 3.48. The quantitative estimate of drug-likeness (QED) is 0.729. The summed E-state index contributed by atoms with van der Waals surface area (Å²) in [5, 5.41) is 10.1. The molecule has 3 rings (SSSR count). The highest BCUT2D eigenvalue weighted by atomic mass is 19.4. The van der Waals surface area contributed by atoms with Gasteiger partial charge < -0.3 is 14.5 Å². The van der Waals surface area contributed by atoms with Gasteiger partial charge in [0.2, 0.25) is 18.2 Å². The first kappa shape index (κ1) is 18.4. The number of aromatic nitrogens is 3. The molecule has 27 heavy (non-hydrogen) atoms. The van der Waals surface area contributed by atoms with E-state index >= 15 is 0 Å². The van der Waals surface area contributed by atoms with Crippen LogP contribution in [0.2, 0.25) is 0 Å². The molecule has 2 heterocycles. The summed E-state index contributed by atoms with van der Waals surface area (Å²) in [6, 6.07) is 7.75. The summed E-state index contributed by atoms with van der Waals surface area (Å²) in [6.07, 6.45) is -2.13. The van der Waals surface area contributed by atoms with Crippen LogP contribution in [0.15, 0.2) is 47.3 Å². The summed E-state index contributed by atoms with van der Waals surface area (Å²) in [4.78, 5) is 16.1. The number of aryl methyl sites for hydroxylation is 1. The average Bonchev–Trinajstić information content (AvgIpc) is 3.16. The molecule has 2 aromatic heterocycles. The molecular formula is C17H13F3N4O3. The number of pyridine rings is 1. The Kier molecular flexibility index (Phi) is 5.06. The van der Waals surface area contributed by atoms with E-state index in [1.807, 2.05) is 0 Å². The summed E-state index contributed by atoms with van der Waals surface area (Å²) >= 11 is 0. The van der Waals surface area contributed by atoms with E-state index in [1.165, 1.54) is 18.5 Å². The summed E-state index contributed by atoms with van der Waals surface area (Å²) in [7, 11) is 0. The minimum absolute atomic E-state index is 0.164. The zero-order chi connectivity index (χ0) is 19.4. The van der Waals surface area contributed by atoms with Crippen LogP contribution in [0.4, 0.5) is 18.9 Å². The maximum atomic E-state index is 12.4. The number of benzene rings is 1. The van der Waals surface area contributed by atoms with Crippen LogP contribution >= 0.6 is 0 Å². The van der Waals surface area contributed by atoms with Crippen LogP contribution in [-0.4, -0.2) is 33.9 Å². The smallest absolute Gasteiger partial charge is 0.422 e. The van der Waals surface area contributed by atoms with Crippen molar-refractivity contribution in [3.8, 4) is 17.3 Å². The number of rotatable bonds is 5. The first-order chi connectivity index (χ1) is 12.8. The van der Waals surface area contributed by atoms with E-state index in [9.17, 15) is 18.0 Å². The predicted molar refractivity (Wildman–Crippen MR) is 88.2 cm³/mol. The average molecular weight is 378 g/mol. The van der Waals surface area contributed by atoms with Crippen molar-refractivity contribution in [2.24, 2.45) is 0 Å². The molecule has 7 nitrogen and oxygen atoms in total. The molecule has 0 aliphatic heterocycles. The molecule has 0 saturated carbocycles. The SMILES string of the molecule is Cc1ccc(-c2nnco2)cc1NC(=O)c1ccc(OCC(F)(F)F)nc1. The van der Waals surface area contributed by atoms with E-state index < -0.39 is 18.7 Å². The molecule has 0 fully saturated rings. The van der Waals surface area contributed by atoms with E-state index in [1.54, 1.807) is 25.1 Å². The molecule has 10 heteroatoms. The molecule has 0 unspecified atom stereocenters. The summed E-state index contributed by atoms with van der Waals surface area (Å²) in [6.45, 7) is 0.354. The Morgan fingerprint density at radius 1 is 1.26 bits per heavy atom. The third-order valence-electron chi connectivity index (χ3n) is 3.48. The van der Waals surface area contributed by atoms with E-state index in [0.29, 0.717) is 17.1 Å². The number of hydrogen-bond donors (Lipinski definition) is 1. The second-order valence-electron chi connectivity index (χ2n) is 5.52. The van der Waals surface area contributed by atoms with Gasteiger partial charge in [-0.2, -0.15) is 13.2 Å². The lowest BCUT2D eigenvalue weighted by Crippen LogP contribution is -2.19. The lowest BCUT2D eigenvalue weighted by Gasteiger charge is -2.10. The van der Waals surface area contributed by atoms with Gasteiger partial charge in [0.15, 0.2) is 6.61 Å². The monoisotopic (exact) mass is 378 g/mol. The lowest BCUT2D eigenvalue weighted by atomic mass is 10.1. The molecule has 0 radical (unpaired) electrons. The summed E-state index contributed by atoms with van der Waals surface area (Å²) < 4.78 is 46.0. The zero-order valence-electron chi connectivity index (χ0n) is 13.9. The van der Waals surface area contributed by atoms with E-state index in [4.69, 9.17) is 4.42 Å². The van der Waals surface area contributed by atoms with Gasteiger partial charge >= 0.3 is 6.18 Å². The van der Waals surface area contributed by atoms with Crippen LogP contribution < -0.4 is 10.1 Å². The van der Waals surface area contributed by atoms with Crippen LogP contribution in [0.1, 0.15) is 15.9 Å². The Morgan fingerprint density at radius 2 is 2.07 bits per heavy atom. The van der Waals surface area contributed by atoms with Crippen LogP contribution in [-0.2, 0) is 0 Å². The maximum absolute atomic E-state index is 12.4. The van der Waals surface area contributed by atoms with E-state index in [0.717, 1.165) is 11.8 Å². The largest absolute Gasteiger partial charge is 0.468 e. The molecule has 0 bridgehead atoms. The van der Waals surface area contributed by atoms with Gasteiger partial charge in [0.1, 0.15) is 0 Å². The Bertz CT molecular complexity index is 926. The fraction of sp³-hybridized carbons (Fsp3) is 0.176. The van der Waals surface area contributed by atoms with Crippen molar-refractivity contribution < 1.29 is 27.1 Å². The van der Waals surface area contributed by atoms with Gasteiger partial charge in [-0.25, -0.2) is 4.98 Å². The van der Waals surface area contributed by atoms with Gasteiger partial charge in [0, 0.05) is 23.5 Å².